The van der Waals surface area contributed by atoms with Crippen LogP contribution >= 0.6 is 0 Å². The molecule has 0 N–H and O–H groups in total. The van der Waals surface area contributed by atoms with Gasteiger partial charge in [0.15, 0.2) is 0 Å². The zero-order valence-corrected chi connectivity index (χ0v) is 12.2. The van der Waals surface area contributed by atoms with Crippen molar-refractivity contribution in [3.63, 3.8) is 0 Å². The summed E-state index contributed by atoms with van der Waals surface area (Å²) >= 11 is 0. The number of rotatable bonds is 3. The standard InChI is InChI=1S/C15H18N4O2/c1-11(12-5-3-6-16-9-12)18(2)14(20)13-10-17-19-7-4-8-21-15(13)19/h3,5-6,9-11H,4,7-8H2,1-2H3. The summed E-state index contributed by atoms with van der Waals surface area (Å²) in [6, 6.07) is 3.77. The van der Waals surface area contributed by atoms with Crippen LogP contribution in [0.2, 0.25) is 0 Å². The molecule has 0 bridgehead atoms. The van der Waals surface area contributed by atoms with Crippen LogP contribution in [0.3, 0.4) is 0 Å². The third kappa shape index (κ3) is 2.49. The van der Waals surface area contributed by atoms with E-state index in [0.29, 0.717) is 18.1 Å². The van der Waals surface area contributed by atoms with Gasteiger partial charge < -0.3 is 9.64 Å². The fraction of sp³-hybridized carbons (Fsp3) is 0.400. The highest BCUT2D eigenvalue weighted by molar-refractivity contribution is 5.96. The van der Waals surface area contributed by atoms with Crippen molar-refractivity contribution >= 4 is 5.91 Å². The molecule has 2 aromatic rings. The zero-order valence-electron chi connectivity index (χ0n) is 12.2. The number of amides is 1. The molecule has 21 heavy (non-hydrogen) atoms. The molecule has 0 saturated carbocycles. The van der Waals surface area contributed by atoms with E-state index in [1.165, 1.54) is 0 Å². The van der Waals surface area contributed by atoms with Gasteiger partial charge in [-0.1, -0.05) is 6.07 Å². The van der Waals surface area contributed by atoms with Crippen molar-refractivity contribution in [3.8, 4) is 5.88 Å². The Kier molecular flexibility index (Phi) is 3.60. The van der Waals surface area contributed by atoms with Crippen molar-refractivity contribution in [1.82, 2.24) is 19.7 Å². The van der Waals surface area contributed by atoms with Crippen LogP contribution in [-0.2, 0) is 6.54 Å². The quantitative estimate of drug-likeness (QED) is 0.864. The fourth-order valence-electron chi connectivity index (χ4n) is 2.43. The number of fused-ring (bicyclic) bond motifs is 1. The molecule has 0 spiro atoms. The first-order valence-corrected chi connectivity index (χ1v) is 7.04. The molecule has 1 aliphatic heterocycles. The van der Waals surface area contributed by atoms with E-state index in [0.717, 1.165) is 18.5 Å². The first-order valence-electron chi connectivity index (χ1n) is 7.04. The molecule has 0 aliphatic carbocycles. The number of aromatic nitrogens is 3. The van der Waals surface area contributed by atoms with Gasteiger partial charge in [-0.25, -0.2) is 4.68 Å². The Hall–Kier alpha value is -2.37. The Morgan fingerprint density at radius 3 is 3.10 bits per heavy atom. The van der Waals surface area contributed by atoms with Crippen LogP contribution in [0.1, 0.15) is 35.3 Å². The van der Waals surface area contributed by atoms with Gasteiger partial charge in [0, 0.05) is 32.4 Å². The monoisotopic (exact) mass is 286 g/mol. The number of hydrogen-bond donors (Lipinski definition) is 0. The fourth-order valence-corrected chi connectivity index (χ4v) is 2.43. The Bertz CT molecular complexity index is 638. The van der Waals surface area contributed by atoms with E-state index >= 15 is 0 Å². The van der Waals surface area contributed by atoms with E-state index in [-0.39, 0.29) is 11.9 Å². The molecular weight excluding hydrogens is 268 g/mol. The molecule has 0 fully saturated rings. The zero-order chi connectivity index (χ0) is 14.8. The Balaban J connectivity index is 1.83. The lowest BCUT2D eigenvalue weighted by molar-refractivity contribution is 0.0735. The lowest BCUT2D eigenvalue weighted by Crippen LogP contribution is -2.30. The highest BCUT2D eigenvalue weighted by atomic mass is 16.5. The Morgan fingerprint density at radius 2 is 2.33 bits per heavy atom. The second-order valence-corrected chi connectivity index (χ2v) is 5.17. The summed E-state index contributed by atoms with van der Waals surface area (Å²) < 4.78 is 7.34. The second-order valence-electron chi connectivity index (χ2n) is 5.17. The van der Waals surface area contributed by atoms with Gasteiger partial charge in [-0.3, -0.25) is 9.78 Å². The van der Waals surface area contributed by atoms with E-state index in [4.69, 9.17) is 4.74 Å². The molecule has 2 aromatic heterocycles. The van der Waals surface area contributed by atoms with Crippen molar-refractivity contribution < 1.29 is 9.53 Å². The highest BCUT2D eigenvalue weighted by Crippen LogP contribution is 2.26. The Morgan fingerprint density at radius 1 is 1.48 bits per heavy atom. The number of pyridine rings is 1. The lowest BCUT2D eigenvalue weighted by atomic mass is 10.1. The van der Waals surface area contributed by atoms with Crippen molar-refractivity contribution in [2.45, 2.75) is 25.9 Å². The first-order chi connectivity index (χ1) is 10.2. The van der Waals surface area contributed by atoms with Gasteiger partial charge in [-0.2, -0.15) is 5.10 Å². The van der Waals surface area contributed by atoms with Crippen molar-refractivity contribution in [3.05, 3.63) is 41.9 Å². The smallest absolute Gasteiger partial charge is 0.261 e. The average molecular weight is 286 g/mol. The van der Waals surface area contributed by atoms with Crippen molar-refractivity contribution in [2.24, 2.45) is 0 Å². The minimum absolute atomic E-state index is 0.0645. The minimum Gasteiger partial charge on any atom is -0.477 e. The molecule has 3 heterocycles. The van der Waals surface area contributed by atoms with Crippen LogP contribution in [0, 0.1) is 0 Å². The van der Waals surface area contributed by atoms with Gasteiger partial charge in [0.2, 0.25) is 5.88 Å². The largest absolute Gasteiger partial charge is 0.477 e. The second kappa shape index (κ2) is 5.55. The molecule has 6 heteroatoms. The van der Waals surface area contributed by atoms with Gasteiger partial charge in [-0.05, 0) is 18.6 Å². The molecule has 3 rings (SSSR count). The van der Waals surface area contributed by atoms with E-state index < -0.39 is 0 Å². The molecule has 110 valence electrons. The van der Waals surface area contributed by atoms with Gasteiger partial charge in [-0.15, -0.1) is 0 Å². The molecular formula is C15H18N4O2. The topological polar surface area (TPSA) is 60.2 Å². The number of ether oxygens (including phenoxy) is 1. The molecule has 0 aromatic carbocycles. The van der Waals surface area contributed by atoms with Gasteiger partial charge >= 0.3 is 0 Å². The summed E-state index contributed by atoms with van der Waals surface area (Å²) in [4.78, 5) is 18.5. The maximum absolute atomic E-state index is 12.7. The number of nitrogens with zero attached hydrogens (tertiary/aromatic N) is 4. The van der Waals surface area contributed by atoms with Gasteiger partial charge in [0.1, 0.15) is 5.56 Å². The molecule has 1 atom stereocenters. The Labute approximate surface area is 123 Å². The normalized spacial score (nSPS) is 15.0. The van der Waals surface area contributed by atoms with Crippen LogP contribution in [0.25, 0.3) is 0 Å². The van der Waals surface area contributed by atoms with E-state index in [2.05, 4.69) is 10.1 Å². The van der Waals surface area contributed by atoms with Crippen LogP contribution < -0.4 is 4.74 Å². The summed E-state index contributed by atoms with van der Waals surface area (Å²) in [5.74, 6) is 0.492. The van der Waals surface area contributed by atoms with Crippen LogP contribution in [0.15, 0.2) is 30.7 Å². The third-order valence-electron chi connectivity index (χ3n) is 3.84. The number of carbonyl (C=O) groups excluding carboxylic acids is 1. The van der Waals surface area contributed by atoms with E-state index in [1.807, 2.05) is 19.1 Å². The van der Waals surface area contributed by atoms with Crippen LogP contribution in [0.5, 0.6) is 5.88 Å². The maximum Gasteiger partial charge on any atom is 0.261 e. The lowest BCUT2D eigenvalue weighted by Gasteiger charge is -2.25. The summed E-state index contributed by atoms with van der Waals surface area (Å²) in [6.45, 7) is 3.41. The summed E-state index contributed by atoms with van der Waals surface area (Å²) in [5, 5.41) is 4.22. The third-order valence-corrected chi connectivity index (χ3v) is 3.84. The van der Waals surface area contributed by atoms with E-state index in [1.54, 1.807) is 35.2 Å². The van der Waals surface area contributed by atoms with Crippen LogP contribution in [-0.4, -0.2) is 39.2 Å². The molecule has 1 aliphatic rings. The number of hydrogen-bond acceptors (Lipinski definition) is 4. The first kappa shape index (κ1) is 13.6. The number of carbonyl (C=O) groups is 1. The highest BCUT2D eigenvalue weighted by Gasteiger charge is 2.26. The molecule has 0 radical (unpaired) electrons. The maximum atomic E-state index is 12.7. The van der Waals surface area contributed by atoms with Crippen molar-refractivity contribution in [1.29, 1.82) is 0 Å². The molecule has 6 nitrogen and oxygen atoms in total. The average Bonchev–Trinajstić information content (AvgIpc) is 2.97. The molecule has 1 unspecified atom stereocenters. The number of aryl methyl sites for hydroxylation is 1. The van der Waals surface area contributed by atoms with E-state index in [9.17, 15) is 4.79 Å². The van der Waals surface area contributed by atoms with Crippen LogP contribution in [0.4, 0.5) is 0 Å². The predicted octanol–water partition coefficient (Wildman–Crippen LogP) is 1.89. The minimum atomic E-state index is -0.0884. The van der Waals surface area contributed by atoms with Gasteiger partial charge in [0.05, 0.1) is 18.8 Å². The summed E-state index contributed by atoms with van der Waals surface area (Å²) in [7, 11) is 1.78. The summed E-state index contributed by atoms with van der Waals surface area (Å²) in [5.41, 5.74) is 1.52. The van der Waals surface area contributed by atoms with Gasteiger partial charge in [0.25, 0.3) is 5.91 Å². The SMILES string of the molecule is CC(c1cccnc1)N(C)C(=O)c1cnn2c1OCCC2. The molecule has 0 saturated heterocycles. The predicted molar refractivity (Wildman–Crippen MR) is 77.1 cm³/mol. The van der Waals surface area contributed by atoms with Crippen molar-refractivity contribution in [2.75, 3.05) is 13.7 Å². The molecule has 1 amide bonds. The summed E-state index contributed by atoms with van der Waals surface area (Å²) in [6.07, 6.45) is 6.01.